The van der Waals surface area contributed by atoms with E-state index in [1.54, 1.807) is 0 Å². The summed E-state index contributed by atoms with van der Waals surface area (Å²) in [5.74, 6) is 0.245. The van der Waals surface area contributed by atoms with Crippen LogP contribution in [0.2, 0.25) is 5.02 Å². The predicted octanol–water partition coefficient (Wildman–Crippen LogP) is 5.52. The number of rotatable bonds is 3. The van der Waals surface area contributed by atoms with Gasteiger partial charge in [-0.05, 0) is 28.8 Å². The van der Waals surface area contributed by atoms with Crippen molar-refractivity contribution in [2.45, 2.75) is 5.92 Å². The van der Waals surface area contributed by atoms with Gasteiger partial charge in [0.2, 0.25) is 0 Å². The van der Waals surface area contributed by atoms with Crippen LogP contribution in [0.4, 0.5) is 0 Å². The van der Waals surface area contributed by atoms with E-state index in [1.807, 2.05) is 24.3 Å². The molecular weight excluding hydrogens is 264 g/mol. The van der Waals surface area contributed by atoms with Crippen molar-refractivity contribution in [3.63, 3.8) is 0 Å². The fraction of sp³-hybridized carbons (Fsp3) is 0.0526. The second-order valence-corrected chi connectivity index (χ2v) is 5.24. The normalized spacial score (nSPS) is 10.7. The Balaban J connectivity index is 2.11. The van der Waals surface area contributed by atoms with Crippen molar-refractivity contribution in [1.82, 2.24) is 0 Å². The molecule has 0 N–H and O–H groups in total. The first-order valence-corrected chi connectivity index (χ1v) is 7.08. The molecule has 3 aromatic carbocycles. The van der Waals surface area contributed by atoms with Gasteiger partial charge in [-0.25, -0.2) is 0 Å². The Morgan fingerprint density at radius 2 is 0.900 bits per heavy atom. The molecule has 0 aromatic heterocycles. The molecule has 20 heavy (non-hydrogen) atoms. The SMILES string of the molecule is Clc1ccc(C(c2ccccc2)c2ccccc2)cc1. The zero-order valence-electron chi connectivity index (χ0n) is 11.0. The zero-order chi connectivity index (χ0) is 13.8. The van der Waals surface area contributed by atoms with Crippen LogP contribution in [0.3, 0.4) is 0 Å². The standard InChI is InChI=1S/C19H15Cl/c20-18-13-11-17(12-14-18)19(15-7-3-1-4-8-15)16-9-5-2-6-10-16/h1-14,19H. The molecule has 0 aliphatic rings. The fourth-order valence-corrected chi connectivity index (χ4v) is 2.65. The van der Waals surface area contributed by atoms with Crippen molar-refractivity contribution in [3.8, 4) is 0 Å². The summed E-state index contributed by atoms with van der Waals surface area (Å²) >= 11 is 6.01. The van der Waals surface area contributed by atoms with Crippen LogP contribution in [-0.2, 0) is 0 Å². The third-order valence-electron chi connectivity index (χ3n) is 3.47. The number of halogens is 1. The zero-order valence-corrected chi connectivity index (χ0v) is 11.8. The summed E-state index contributed by atoms with van der Waals surface area (Å²) in [6.45, 7) is 0. The molecule has 0 heterocycles. The summed E-state index contributed by atoms with van der Waals surface area (Å²) < 4.78 is 0. The molecule has 0 unspecified atom stereocenters. The molecule has 98 valence electrons. The Hall–Kier alpha value is -2.05. The van der Waals surface area contributed by atoms with Gasteiger partial charge in [-0.1, -0.05) is 84.4 Å². The van der Waals surface area contributed by atoms with Gasteiger partial charge < -0.3 is 0 Å². The van der Waals surface area contributed by atoms with Crippen LogP contribution in [0.1, 0.15) is 22.6 Å². The lowest BCUT2D eigenvalue weighted by Crippen LogP contribution is -2.02. The van der Waals surface area contributed by atoms with Crippen LogP contribution in [0, 0.1) is 0 Å². The van der Waals surface area contributed by atoms with Crippen molar-refractivity contribution in [2.75, 3.05) is 0 Å². The van der Waals surface area contributed by atoms with Gasteiger partial charge in [0.25, 0.3) is 0 Å². The first kappa shape index (κ1) is 13.0. The first-order chi connectivity index (χ1) is 9.84. The van der Waals surface area contributed by atoms with E-state index in [0.29, 0.717) is 0 Å². The molecule has 0 fully saturated rings. The highest BCUT2D eigenvalue weighted by Crippen LogP contribution is 2.32. The lowest BCUT2D eigenvalue weighted by molar-refractivity contribution is 0.977. The van der Waals surface area contributed by atoms with Gasteiger partial charge in [0.1, 0.15) is 0 Å². The smallest absolute Gasteiger partial charge is 0.0406 e. The van der Waals surface area contributed by atoms with Crippen molar-refractivity contribution in [1.29, 1.82) is 0 Å². The van der Waals surface area contributed by atoms with Crippen LogP contribution >= 0.6 is 11.6 Å². The topological polar surface area (TPSA) is 0 Å². The highest BCUT2D eigenvalue weighted by atomic mass is 35.5. The Labute approximate surface area is 124 Å². The van der Waals surface area contributed by atoms with Crippen LogP contribution < -0.4 is 0 Å². The van der Waals surface area contributed by atoms with E-state index in [-0.39, 0.29) is 5.92 Å². The number of hydrogen-bond donors (Lipinski definition) is 0. The largest absolute Gasteiger partial charge is 0.0843 e. The Morgan fingerprint density at radius 3 is 1.35 bits per heavy atom. The number of hydrogen-bond acceptors (Lipinski definition) is 0. The molecule has 0 aliphatic heterocycles. The maximum atomic E-state index is 6.01. The van der Waals surface area contributed by atoms with Gasteiger partial charge in [0.15, 0.2) is 0 Å². The molecule has 0 nitrogen and oxygen atoms in total. The van der Waals surface area contributed by atoms with Gasteiger partial charge in [-0.3, -0.25) is 0 Å². The fourth-order valence-electron chi connectivity index (χ4n) is 2.52. The van der Waals surface area contributed by atoms with E-state index < -0.39 is 0 Å². The third kappa shape index (κ3) is 2.76. The van der Waals surface area contributed by atoms with Crippen molar-refractivity contribution >= 4 is 11.6 Å². The average molecular weight is 279 g/mol. The summed E-state index contributed by atoms with van der Waals surface area (Å²) in [5, 5.41) is 0.772. The van der Waals surface area contributed by atoms with E-state index >= 15 is 0 Å². The highest BCUT2D eigenvalue weighted by Gasteiger charge is 2.15. The van der Waals surface area contributed by atoms with Gasteiger partial charge in [-0.2, -0.15) is 0 Å². The molecule has 0 saturated carbocycles. The second kappa shape index (κ2) is 5.94. The lowest BCUT2D eigenvalue weighted by atomic mass is 9.85. The minimum atomic E-state index is 0.245. The molecular formula is C19H15Cl. The molecule has 0 radical (unpaired) electrons. The summed E-state index contributed by atoms with van der Waals surface area (Å²) in [4.78, 5) is 0. The van der Waals surface area contributed by atoms with Crippen LogP contribution in [0.15, 0.2) is 84.9 Å². The van der Waals surface area contributed by atoms with Crippen LogP contribution in [0.5, 0.6) is 0 Å². The minimum Gasteiger partial charge on any atom is -0.0843 e. The Morgan fingerprint density at radius 1 is 0.500 bits per heavy atom. The summed E-state index contributed by atoms with van der Waals surface area (Å²) in [6, 6.07) is 29.2. The van der Waals surface area contributed by atoms with Gasteiger partial charge >= 0.3 is 0 Å². The van der Waals surface area contributed by atoms with Crippen molar-refractivity contribution in [2.24, 2.45) is 0 Å². The molecule has 3 aromatic rings. The minimum absolute atomic E-state index is 0.245. The van der Waals surface area contributed by atoms with Gasteiger partial charge in [-0.15, -0.1) is 0 Å². The third-order valence-corrected chi connectivity index (χ3v) is 3.72. The van der Waals surface area contributed by atoms with Crippen LogP contribution in [-0.4, -0.2) is 0 Å². The Kier molecular flexibility index (Phi) is 3.85. The molecule has 0 aliphatic carbocycles. The van der Waals surface area contributed by atoms with E-state index in [0.717, 1.165) is 5.02 Å². The average Bonchev–Trinajstić information content (AvgIpc) is 2.52. The molecule has 0 bridgehead atoms. The second-order valence-electron chi connectivity index (χ2n) is 4.81. The predicted molar refractivity (Wildman–Crippen MR) is 85.3 cm³/mol. The summed E-state index contributed by atoms with van der Waals surface area (Å²) in [7, 11) is 0. The van der Waals surface area contributed by atoms with E-state index in [4.69, 9.17) is 11.6 Å². The first-order valence-electron chi connectivity index (χ1n) is 6.70. The quantitative estimate of drug-likeness (QED) is 0.553. The maximum absolute atomic E-state index is 6.01. The Bertz CT molecular complexity index is 618. The maximum Gasteiger partial charge on any atom is 0.0406 e. The summed E-state index contributed by atoms with van der Waals surface area (Å²) in [5.41, 5.74) is 3.84. The molecule has 0 atom stereocenters. The van der Waals surface area contributed by atoms with E-state index in [2.05, 4.69) is 60.7 Å². The summed E-state index contributed by atoms with van der Waals surface area (Å²) in [6.07, 6.45) is 0. The highest BCUT2D eigenvalue weighted by molar-refractivity contribution is 6.30. The molecule has 3 rings (SSSR count). The van der Waals surface area contributed by atoms with E-state index in [1.165, 1.54) is 16.7 Å². The van der Waals surface area contributed by atoms with Crippen molar-refractivity contribution in [3.05, 3.63) is 107 Å². The molecule has 0 saturated heterocycles. The van der Waals surface area contributed by atoms with E-state index in [9.17, 15) is 0 Å². The molecule has 0 spiro atoms. The van der Waals surface area contributed by atoms with Gasteiger partial charge in [0, 0.05) is 10.9 Å². The number of benzene rings is 3. The van der Waals surface area contributed by atoms with Gasteiger partial charge in [0.05, 0.1) is 0 Å². The van der Waals surface area contributed by atoms with Crippen molar-refractivity contribution < 1.29 is 0 Å². The monoisotopic (exact) mass is 278 g/mol. The van der Waals surface area contributed by atoms with Crippen LogP contribution in [0.25, 0.3) is 0 Å². The lowest BCUT2D eigenvalue weighted by Gasteiger charge is -2.18. The molecule has 1 heteroatoms. The molecule has 0 amide bonds.